The van der Waals surface area contributed by atoms with Crippen LogP contribution in [-0.2, 0) is 4.79 Å². The Balaban J connectivity index is 1.95. The quantitative estimate of drug-likeness (QED) is 0.847. The third-order valence-electron chi connectivity index (χ3n) is 4.20. The van der Waals surface area contributed by atoms with E-state index in [1.807, 2.05) is 17.5 Å². The van der Waals surface area contributed by atoms with Crippen LogP contribution in [0, 0.1) is 5.92 Å². The van der Waals surface area contributed by atoms with E-state index in [0.717, 1.165) is 18.0 Å². The second-order valence-electron chi connectivity index (χ2n) is 5.76. The van der Waals surface area contributed by atoms with Gasteiger partial charge in [-0.25, -0.2) is 0 Å². The predicted molar refractivity (Wildman–Crippen MR) is 82.1 cm³/mol. The van der Waals surface area contributed by atoms with E-state index in [9.17, 15) is 4.79 Å². The maximum absolute atomic E-state index is 11.1. The molecule has 0 aromatic carbocycles. The Bertz CT molecular complexity index is 414. The molecule has 2 unspecified atom stereocenters. The number of rotatable bonds is 6. The smallest absolute Gasteiger partial charge is 0.305 e. The minimum absolute atomic E-state index is 0.0674. The number of nitrogens with zero attached hydrogens (tertiary/aromatic N) is 1. The Labute approximate surface area is 124 Å². The van der Waals surface area contributed by atoms with Crippen molar-refractivity contribution in [3.05, 3.63) is 22.4 Å². The van der Waals surface area contributed by atoms with Crippen molar-refractivity contribution in [3.63, 3.8) is 0 Å². The number of nitrogens with one attached hydrogen (secondary N) is 1. The van der Waals surface area contributed by atoms with Crippen LogP contribution in [-0.4, -0.2) is 42.2 Å². The molecule has 1 aliphatic rings. The summed E-state index contributed by atoms with van der Waals surface area (Å²) in [4.78, 5) is 14.5. The van der Waals surface area contributed by atoms with Gasteiger partial charge in [0.05, 0.1) is 12.5 Å². The minimum atomic E-state index is -0.744. The van der Waals surface area contributed by atoms with Crippen LogP contribution in [0.1, 0.15) is 37.1 Å². The largest absolute Gasteiger partial charge is 0.481 e. The van der Waals surface area contributed by atoms with Crippen molar-refractivity contribution in [1.29, 1.82) is 0 Å². The number of carboxylic acid groups (broad SMARTS) is 1. The molecule has 20 heavy (non-hydrogen) atoms. The Morgan fingerprint density at radius 1 is 1.55 bits per heavy atom. The van der Waals surface area contributed by atoms with Crippen LogP contribution in [0.5, 0.6) is 0 Å². The molecule has 0 aliphatic carbocycles. The first-order valence-corrected chi connectivity index (χ1v) is 8.14. The summed E-state index contributed by atoms with van der Waals surface area (Å²) in [6.07, 6.45) is 2.53. The maximum atomic E-state index is 11.1. The van der Waals surface area contributed by atoms with Crippen molar-refractivity contribution in [2.45, 2.75) is 38.3 Å². The first-order chi connectivity index (χ1) is 9.56. The average molecular weight is 296 g/mol. The fourth-order valence-corrected chi connectivity index (χ4v) is 3.67. The van der Waals surface area contributed by atoms with Crippen LogP contribution in [0.4, 0.5) is 0 Å². The summed E-state index contributed by atoms with van der Waals surface area (Å²) in [5.41, 5.74) is 0. The maximum Gasteiger partial charge on any atom is 0.305 e. The Morgan fingerprint density at radius 2 is 2.25 bits per heavy atom. The molecule has 2 heterocycles. The Hall–Kier alpha value is -0.910. The third-order valence-corrected chi connectivity index (χ3v) is 5.19. The van der Waals surface area contributed by atoms with E-state index in [1.54, 1.807) is 11.3 Å². The first kappa shape index (κ1) is 15.5. The van der Waals surface area contributed by atoms with Gasteiger partial charge in [0, 0.05) is 10.9 Å². The molecule has 1 aliphatic heterocycles. The summed E-state index contributed by atoms with van der Waals surface area (Å²) in [5.74, 6) is -0.103. The lowest BCUT2D eigenvalue weighted by atomic mass is 9.90. The summed E-state index contributed by atoms with van der Waals surface area (Å²) in [5, 5.41) is 14.7. The molecule has 5 heteroatoms. The monoisotopic (exact) mass is 296 g/mol. The lowest BCUT2D eigenvalue weighted by Gasteiger charge is -2.34. The second-order valence-corrected chi connectivity index (χ2v) is 6.74. The second kappa shape index (κ2) is 7.20. The van der Waals surface area contributed by atoms with E-state index < -0.39 is 5.97 Å². The molecule has 0 spiro atoms. The van der Waals surface area contributed by atoms with Gasteiger partial charge < -0.3 is 15.3 Å². The zero-order valence-electron chi connectivity index (χ0n) is 12.2. The van der Waals surface area contributed by atoms with Gasteiger partial charge in [0.2, 0.25) is 0 Å². The molecule has 112 valence electrons. The molecule has 1 aromatic rings. The highest BCUT2D eigenvalue weighted by atomic mass is 32.1. The topological polar surface area (TPSA) is 52.6 Å². The Morgan fingerprint density at radius 3 is 2.80 bits per heavy atom. The highest BCUT2D eigenvalue weighted by Crippen LogP contribution is 2.26. The number of hydrogen-bond acceptors (Lipinski definition) is 4. The van der Waals surface area contributed by atoms with Crippen molar-refractivity contribution in [1.82, 2.24) is 10.2 Å². The molecular weight excluding hydrogens is 272 g/mol. The van der Waals surface area contributed by atoms with E-state index in [1.165, 1.54) is 12.8 Å². The highest BCUT2D eigenvalue weighted by Gasteiger charge is 2.26. The number of hydrogen-bond donors (Lipinski definition) is 2. The van der Waals surface area contributed by atoms with Crippen LogP contribution >= 0.6 is 11.3 Å². The molecule has 1 fully saturated rings. The number of carboxylic acids is 1. The van der Waals surface area contributed by atoms with Gasteiger partial charge in [0.15, 0.2) is 0 Å². The molecule has 1 aromatic heterocycles. The van der Waals surface area contributed by atoms with Gasteiger partial charge in [-0.1, -0.05) is 6.07 Å². The standard InChI is InChI=1S/C15H24N2O2S/c1-11(12-5-7-17(2)8-6-12)16-13(10-15(18)19)14-4-3-9-20-14/h3-4,9,11-13,16H,5-8,10H2,1-2H3,(H,18,19). The molecule has 0 saturated carbocycles. The van der Waals surface area contributed by atoms with Gasteiger partial charge in [-0.15, -0.1) is 11.3 Å². The number of likely N-dealkylation sites (tertiary alicyclic amines) is 1. The van der Waals surface area contributed by atoms with Gasteiger partial charge in [0.25, 0.3) is 0 Å². The lowest BCUT2D eigenvalue weighted by Crippen LogP contribution is -2.42. The number of aliphatic carboxylic acids is 1. The molecule has 0 radical (unpaired) electrons. The van der Waals surface area contributed by atoms with Crippen LogP contribution in [0.2, 0.25) is 0 Å². The zero-order valence-corrected chi connectivity index (χ0v) is 13.0. The summed E-state index contributed by atoms with van der Waals surface area (Å²) >= 11 is 1.63. The molecule has 4 nitrogen and oxygen atoms in total. The van der Waals surface area contributed by atoms with Crippen molar-refractivity contribution in [3.8, 4) is 0 Å². The van der Waals surface area contributed by atoms with E-state index in [0.29, 0.717) is 12.0 Å². The van der Waals surface area contributed by atoms with Crippen LogP contribution in [0.15, 0.2) is 17.5 Å². The Kier molecular flexibility index (Phi) is 5.57. The summed E-state index contributed by atoms with van der Waals surface area (Å²) < 4.78 is 0. The van der Waals surface area contributed by atoms with Crippen molar-refractivity contribution < 1.29 is 9.90 Å². The van der Waals surface area contributed by atoms with Crippen LogP contribution in [0.3, 0.4) is 0 Å². The fraction of sp³-hybridized carbons (Fsp3) is 0.667. The number of carbonyl (C=O) groups is 1. The van der Waals surface area contributed by atoms with Gasteiger partial charge in [-0.2, -0.15) is 0 Å². The van der Waals surface area contributed by atoms with E-state index in [2.05, 4.69) is 24.2 Å². The SMILES string of the molecule is CC(NC(CC(=O)O)c1cccs1)C1CCN(C)CC1. The van der Waals surface area contributed by atoms with Gasteiger partial charge >= 0.3 is 5.97 Å². The normalized spacial score (nSPS) is 20.7. The molecule has 2 N–H and O–H groups in total. The van der Waals surface area contributed by atoms with E-state index >= 15 is 0 Å². The van der Waals surface area contributed by atoms with Gasteiger partial charge in [-0.3, -0.25) is 4.79 Å². The highest BCUT2D eigenvalue weighted by molar-refractivity contribution is 7.10. The van der Waals surface area contributed by atoms with Crippen LogP contribution < -0.4 is 5.32 Å². The molecular formula is C15H24N2O2S. The average Bonchev–Trinajstić information content (AvgIpc) is 2.92. The zero-order chi connectivity index (χ0) is 14.5. The molecule has 1 saturated heterocycles. The number of piperidine rings is 1. The van der Waals surface area contributed by atoms with Crippen molar-refractivity contribution >= 4 is 17.3 Å². The van der Waals surface area contributed by atoms with Crippen molar-refractivity contribution in [2.75, 3.05) is 20.1 Å². The molecule has 0 amide bonds. The number of thiophene rings is 1. The van der Waals surface area contributed by atoms with Crippen LogP contribution in [0.25, 0.3) is 0 Å². The minimum Gasteiger partial charge on any atom is -0.481 e. The van der Waals surface area contributed by atoms with Gasteiger partial charge in [0.1, 0.15) is 0 Å². The van der Waals surface area contributed by atoms with E-state index in [-0.39, 0.29) is 12.5 Å². The summed E-state index contributed by atoms with van der Waals surface area (Å²) in [6, 6.07) is 4.29. The summed E-state index contributed by atoms with van der Waals surface area (Å²) in [7, 11) is 2.16. The third kappa shape index (κ3) is 4.30. The molecule has 0 bridgehead atoms. The summed E-state index contributed by atoms with van der Waals surface area (Å²) in [6.45, 7) is 4.47. The predicted octanol–water partition coefficient (Wildman–Crippen LogP) is 2.58. The first-order valence-electron chi connectivity index (χ1n) is 7.26. The van der Waals surface area contributed by atoms with E-state index in [4.69, 9.17) is 5.11 Å². The lowest BCUT2D eigenvalue weighted by molar-refractivity contribution is -0.137. The van der Waals surface area contributed by atoms with Gasteiger partial charge in [-0.05, 0) is 57.3 Å². The molecule has 2 atom stereocenters. The molecule has 2 rings (SSSR count). The fourth-order valence-electron chi connectivity index (χ4n) is 2.89. The van der Waals surface area contributed by atoms with Crippen molar-refractivity contribution in [2.24, 2.45) is 5.92 Å².